The minimum absolute atomic E-state index is 0.0369. The summed E-state index contributed by atoms with van der Waals surface area (Å²) >= 11 is 0. The summed E-state index contributed by atoms with van der Waals surface area (Å²) in [5, 5.41) is 15.2. The number of hydrogen-bond donors (Lipinski definition) is 1. The van der Waals surface area contributed by atoms with E-state index in [9.17, 15) is 14.4 Å². The van der Waals surface area contributed by atoms with Crippen molar-refractivity contribution in [1.29, 1.82) is 5.26 Å². The van der Waals surface area contributed by atoms with Crippen LogP contribution in [-0.4, -0.2) is 79.8 Å². The molecule has 3 aromatic heterocycles. The Balaban J connectivity index is 1.12. The molecule has 1 aromatic carbocycles. The summed E-state index contributed by atoms with van der Waals surface area (Å²) in [4.78, 5) is 28.9. The molecule has 1 amide bonds. The summed E-state index contributed by atoms with van der Waals surface area (Å²) in [7, 11) is 1.49. The van der Waals surface area contributed by atoms with E-state index in [1.54, 1.807) is 11.1 Å². The van der Waals surface area contributed by atoms with Crippen molar-refractivity contribution in [2.45, 2.75) is 30.8 Å². The first-order valence-electron chi connectivity index (χ1n) is 12.6. The summed E-state index contributed by atoms with van der Waals surface area (Å²) in [6, 6.07) is 8.80. The Morgan fingerprint density at radius 2 is 2.08 bits per heavy atom. The maximum atomic E-state index is 14.3. The number of hydrogen-bond acceptors (Lipinski definition) is 7. The van der Waals surface area contributed by atoms with Crippen LogP contribution in [0.15, 0.2) is 49.2 Å². The van der Waals surface area contributed by atoms with Crippen LogP contribution in [0.1, 0.15) is 29.6 Å². The molecule has 0 atom stereocenters. The fraction of sp³-hybridized carbons (Fsp3) is 0.370. The number of ether oxygens (including phenoxy) is 1. The molecular formula is C27H27FN8O2. The number of methoxy groups -OCH3 is 1. The molecule has 2 aliphatic heterocycles. The van der Waals surface area contributed by atoms with Crippen LogP contribution < -0.4 is 4.74 Å². The zero-order chi connectivity index (χ0) is 26.3. The van der Waals surface area contributed by atoms with Crippen molar-refractivity contribution in [3.8, 4) is 23.1 Å². The van der Waals surface area contributed by atoms with E-state index in [-0.39, 0.29) is 17.5 Å². The van der Waals surface area contributed by atoms with Crippen molar-refractivity contribution >= 4 is 16.9 Å². The van der Waals surface area contributed by atoms with E-state index in [4.69, 9.17) is 4.74 Å². The molecule has 6 rings (SSSR count). The van der Waals surface area contributed by atoms with E-state index in [0.717, 1.165) is 35.1 Å². The van der Waals surface area contributed by atoms with Crippen molar-refractivity contribution in [1.82, 2.24) is 34.5 Å². The number of aromatic nitrogens is 5. The number of nitrogens with one attached hydrogen (secondary N) is 1. The maximum absolute atomic E-state index is 14.3. The van der Waals surface area contributed by atoms with Crippen LogP contribution in [0, 0.1) is 17.1 Å². The average Bonchev–Trinajstić information content (AvgIpc) is 3.61. The number of H-pyrrole nitrogens is 1. The van der Waals surface area contributed by atoms with E-state index in [1.807, 2.05) is 23.1 Å². The lowest BCUT2D eigenvalue weighted by Crippen LogP contribution is -2.66. The monoisotopic (exact) mass is 514 g/mol. The third-order valence-corrected chi connectivity index (χ3v) is 7.77. The van der Waals surface area contributed by atoms with Crippen LogP contribution in [-0.2, 0) is 5.54 Å². The summed E-state index contributed by atoms with van der Waals surface area (Å²) in [5.74, 6) is -0.398. The first-order valence-corrected chi connectivity index (χ1v) is 12.6. The number of piperidine rings is 1. The van der Waals surface area contributed by atoms with Gasteiger partial charge < -0.3 is 14.6 Å². The molecule has 5 heterocycles. The minimum Gasteiger partial charge on any atom is -0.497 e. The SMILES string of the molecule is COc1ccc(F)c(C(=O)N2CCC(N3CC(CC#N)(n4cc(-c5ncnc6[nH]ccc56)cn4)C3)CC2)c1. The highest BCUT2D eigenvalue weighted by Gasteiger charge is 2.48. The highest BCUT2D eigenvalue weighted by molar-refractivity contribution is 5.95. The summed E-state index contributed by atoms with van der Waals surface area (Å²) < 4.78 is 21.4. The van der Waals surface area contributed by atoms with Crippen molar-refractivity contribution in [2.24, 2.45) is 0 Å². The van der Waals surface area contributed by atoms with Crippen molar-refractivity contribution in [3.05, 3.63) is 60.6 Å². The van der Waals surface area contributed by atoms with Gasteiger partial charge in [-0.3, -0.25) is 14.4 Å². The third kappa shape index (κ3) is 4.07. The fourth-order valence-electron chi connectivity index (χ4n) is 5.66. The van der Waals surface area contributed by atoms with Crippen molar-refractivity contribution < 1.29 is 13.9 Å². The number of carbonyl (C=O) groups excluding carboxylic acids is 1. The third-order valence-electron chi connectivity index (χ3n) is 7.77. The van der Waals surface area contributed by atoms with Crippen molar-refractivity contribution in [2.75, 3.05) is 33.3 Å². The Bertz CT molecular complexity index is 1530. The standard InChI is InChI=1S/C27H27FN8O2/c1-38-20-2-3-23(28)22(12-20)26(37)34-10-5-19(6-11-34)35-15-27(16-35,7-8-29)36-14-18(13-33-36)24-21-4-9-30-25(21)32-17-31-24/h2-4,9,12-14,17,19H,5-7,10-11,15-16H2,1H3,(H,30,31,32). The number of aromatic amines is 1. The van der Waals surface area contributed by atoms with Gasteiger partial charge in [0.05, 0.1) is 37.1 Å². The second-order valence-electron chi connectivity index (χ2n) is 9.97. The summed E-state index contributed by atoms with van der Waals surface area (Å²) in [6.45, 7) is 2.50. The predicted molar refractivity (Wildman–Crippen MR) is 137 cm³/mol. The molecule has 0 saturated carbocycles. The topological polar surface area (TPSA) is 116 Å². The number of nitriles is 1. The molecule has 0 bridgehead atoms. The Morgan fingerprint density at radius 1 is 1.26 bits per heavy atom. The minimum atomic E-state index is -0.542. The van der Waals surface area contributed by atoms with E-state index in [2.05, 4.69) is 31.0 Å². The summed E-state index contributed by atoms with van der Waals surface area (Å²) in [6.07, 6.45) is 9.04. The number of benzene rings is 1. The Kier molecular flexibility index (Phi) is 6.04. The molecule has 1 N–H and O–H groups in total. The number of rotatable bonds is 6. The molecule has 0 unspecified atom stereocenters. The number of likely N-dealkylation sites (tertiary alicyclic amines) is 2. The molecule has 2 fully saturated rings. The van der Waals surface area contributed by atoms with E-state index in [0.29, 0.717) is 38.3 Å². The first-order chi connectivity index (χ1) is 18.5. The predicted octanol–water partition coefficient (Wildman–Crippen LogP) is 3.20. The molecular weight excluding hydrogens is 487 g/mol. The Morgan fingerprint density at radius 3 is 2.84 bits per heavy atom. The van der Waals surface area contributed by atoms with Crippen LogP contribution in [0.4, 0.5) is 4.39 Å². The van der Waals surface area contributed by atoms with E-state index >= 15 is 0 Å². The summed E-state index contributed by atoms with van der Waals surface area (Å²) in [5.41, 5.74) is 2.08. The normalized spacial score (nSPS) is 17.8. The molecule has 38 heavy (non-hydrogen) atoms. The van der Waals surface area contributed by atoms with Crippen LogP contribution in [0.5, 0.6) is 5.75 Å². The molecule has 11 heteroatoms. The zero-order valence-corrected chi connectivity index (χ0v) is 21.0. The van der Waals surface area contributed by atoms with Gasteiger partial charge in [0.1, 0.15) is 29.1 Å². The number of amides is 1. The van der Waals surface area contributed by atoms with Gasteiger partial charge in [-0.1, -0.05) is 0 Å². The van der Waals surface area contributed by atoms with Crippen molar-refractivity contribution in [3.63, 3.8) is 0 Å². The van der Waals surface area contributed by atoms with Crippen LogP contribution in [0.2, 0.25) is 0 Å². The van der Waals surface area contributed by atoms with E-state index < -0.39 is 11.4 Å². The van der Waals surface area contributed by atoms with Gasteiger partial charge in [0.15, 0.2) is 0 Å². The number of halogens is 1. The van der Waals surface area contributed by atoms with Gasteiger partial charge in [-0.05, 0) is 37.1 Å². The molecule has 0 spiro atoms. The molecule has 10 nitrogen and oxygen atoms in total. The van der Waals surface area contributed by atoms with Gasteiger partial charge in [-0.2, -0.15) is 10.4 Å². The molecule has 0 radical (unpaired) electrons. The van der Waals surface area contributed by atoms with Gasteiger partial charge in [-0.25, -0.2) is 14.4 Å². The first kappa shape index (κ1) is 24.1. The smallest absolute Gasteiger partial charge is 0.256 e. The van der Waals surface area contributed by atoms with Gasteiger partial charge in [0, 0.05) is 55.6 Å². The second kappa shape index (κ2) is 9.54. The molecule has 2 saturated heterocycles. The lowest BCUT2D eigenvalue weighted by atomic mass is 9.83. The fourth-order valence-corrected chi connectivity index (χ4v) is 5.66. The average molecular weight is 515 g/mol. The molecule has 0 aliphatic carbocycles. The van der Waals surface area contributed by atoms with E-state index in [1.165, 1.54) is 31.6 Å². The lowest BCUT2D eigenvalue weighted by molar-refractivity contribution is -0.0412. The number of fused-ring (bicyclic) bond motifs is 1. The zero-order valence-electron chi connectivity index (χ0n) is 21.0. The molecule has 2 aliphatic rings. The highest BCUT2D eigenvalue weighted by Crippen LogP contribution is 2.37. The van der Waals surface area contributed by atoms with Gasteiger partial charge in [0.25, 0.3) is 5.91 Å². The van der Waals surface area contributed by atoms with Crippen LogP contribution in [0.3, 0.4) is 0 Å². The lowest BCUT2D eigenvalue weighted by Gasteiger charge is -2.53. The molecule has 194 valence electrons. The Labute approximate surface area is 218 Å². The maximum Gasteiger partial charge on any atom is 0.256 e. The van der Waals surface area contributed by atoms with Crippen LogP contribution >= 0.6 is 0 Å². The van der Waals surface area contributed by atoms with Crippen LogP contribution in [0.25, 0.3) is 22.3 Å². The molecule has 4 aromatic rings. The largest absolute Gasteiger partial charge is 0.497 e. The van der Waals surface area contributed by atoms with Gasteiger partial charge >= 0.3 is 0 Å². The van der Waals surface area contributed by atoms with Gasteiger partial charge in [-0.15, -0.1) is 0 Å². The number of carbonyl (C=O) groups is 1. The quantitative estimate of drug-likeness (QED) is 0.420. The Hall–Kier alpha value is -4.30. The number of nitrogens with zero attached hydrogens (tertiary/aromatic N) is 7. The highest BCUT2D eigenvalue weighted by atomic mass is 19.1. The second-order valence-corrected chi connectivity index (χ2v) is 9.97. The van der Waals surface area contributed by atoms with Gasteiger partial charge in [0.2, 0.25) is 0 Å².